The van der Waals surface area contributed by atoms with Gasteiger partial charge in [0.25, 0.3) is 0 Å². The fourth-order valence-electron chi connectivity index (χ4n) is 2.44. The summed E-state index contributed by atoms with van der Waals surface area (Å²) in [5.74, 6) is 0.280. The first-order valence-corrected chi connectivity index (χ1v) is 7.80. The molecule has 4 nitrogen and oxygen atoms in total. The molecule has 0 aliphatic rings. The normalized spacial score (nSPS) is 12.5. The Kier molecular flexibility index (Phi) is 7.88. The van der Waals surface area contributed by atoms with Crippen molar-refractivity contribution < 1.29 is 9.18 Å². The van der Waals surface area contributed by atoms with Crippen LogP contribution in [0.2, 0.25) is 0 Å². The monoisotopic (exact) mass is 309 g/mol. The number of hydrogen-bond acceptors (Lipinski definition) is 2. The van der Waals surface area contributed by atoms with Gasteiger partial charge in [0.15, 0.2) is 0 Å². The molecule has 22 heavy (non-hydrogen) atoms. The van der Waals surface area contributed by atoms with Crippen molar-refractivity contribution in [3.63, 3.8) is 0 Å². The molecule has 0 aromatic heterocycles. The van der Waals surface area contributed by atoms with Gasteiger partial charge in [0.1, 0.15) is 5.82 Å². The number of rotatable bonds is 8. The third-order valence-electron chi connectivity index (χ3n) is 3.26. The molecule has 0 spiro atoms. The van der Waals surface area contributed by atoms with Gasteiger partial charge in [0.05, 0.1) is 0 Å². The van der Waals surface area contributed by atoms with Crippen LogP contribution in [0.25, 0.3) is 0 Å². The number of urea groups is 1. The van der Waals surface area contributed by atoms with E-state index in [1.165, 1.54) is 12.1 Å². The summed E-state index contributed by atoms with van der Waals surface area (Å²) in [5, 5.41) is 5.85. The van der Waals surface area contributed by atoms with Crippen molar-refractivity contribution in [2.24, 2.45) is 5.92 Å². The van der Waals surface area contributed by atoms with Gasteiger partial charge in [0.2, 0.25) is 0 Å². The maximum atomic E-state index is 13.1. The molecule has 0 saturated carbocycles. The van der Waals surface area contributed by atoms with Gasteiger partial charge in [-0.15, -0.1) is 0 Å². The van der Waals surface area contributed by atoms with Crippen LogP contribution >= 0.6 is 0 Å². The van der Waals surface area contributed by atoms with E-state index in [-0.39, 0.29) is 17.9 Å². The summed E-state index contributed by atoms with van der Waals surface area (Å²) in [7, 11) is 3.99. The third-order valence-corrected chi connectivity index (χ3v) is 3.26. The molecule has 0 aliphatic carbocycles. The molecule has 0 aliphatic heterocycles. The standard InChI is InChI=1S/C17H28FN3O/c1-13(2)10-16(12-21(3)4)20-17(22)19-9-8-14-6-5-7-15(18)11-14/h5-7,11,13,16H,8-10,12H2,1-4H3,(H2,19,20,22). The van der Waals surface area contributed by atoms with E-state index in [2.05, 4.69) is 29.4 Å². The van der Waals surface area contributed by atoms with Crippen LogP contribution in [0.4, 0.5) is 9.18 Å². The second-order valence-corrected chi connectivity index (χ2v) is 6.37. The highest BCUT2D eigenvalue weighted by molar-refractivity contribution is 5.74. The lowest BCUT2D eigenvalue weighted by Crippen LogP contribution is -2.47. The quantitative estimate of drug-likeness (QED) is 0.775. The Morgan fingerprint density at radius 3 is 2.64 bits per heavy atom. The van der Waals surface area contributed by atoms with Gasteiger partial charge >= 0.3 is 6.03 Å². The Morgan fingerprint density at radius 2 is 2.05 bits per heavy atom. The van der Waals surface area contributed by atoms with Crippen LogP contribution in [-0.4, -0.2) is 44.2 Å². The number of carbonyl (C=O) groups is 1. The van der Waals surface area contributed by atoms with E-state index in [4.69, 9.17) is 0 Å². The molecule has 0 heterocycles. The Labute approximate surface area is 133 Å². The molecular weight excluding hydrogens is 281 g/mol. The number of nitrogens with one attached hydrogen (secondary N) is 2. The van der Waals surface area contributed by atoms with Crippen molar-refractivity contribution in [2.75, 3.05) is 27.2 Å². The average Bonchev–Trinajstić information content (AvgIpc) is 2.36. The lowest BCUT2D eigenvalue weighted by molar-refractivity contribution is 0.229. The molecule has 1 unspecified atom stereocenters. The lowest BCUT2D eigenvalue weighted by atomic mass is 10.0. The Bertz CT molecular complexity index is 453. The molecule has 5 heteroatoms. The smallest absolute Gasteiger partial charge is 0.315 e. The summed E-state index contributed by atoms with van der Waals surface area (Å²) >= 11 is 0. The van der Waals surface area contributed by atoms with Crippen LogP contribution in [-0.2, 0) is 6.42 Å². The van der Waals surface area contributed by atoms with Gasteiger partial charge in [-0.25, -0.2) is 9.18 Å². The van der Waals surface area contributed by atoms with E-state index >= 15 is 0 Å². The van der Waals surface area contributed by atoms with E-state index < -0.39 is 0 Å². The number of benzene rings is 1. The first-order chi connectivity index (χ1) is 10.4. The van der Waals surface area contributed by atoms with Crippen molar-refractivity contribution in [2.45, 2.75) is 32.7 Å². The van der Waals surface area contributed by atoms with Crippen molar-refractivity contribution in [3.05, 3.63) is 35.6 Å². The highest BCUT2D eigenvalue weighted by Gasteiger charge is 2.14. The minimum Gasteiger partial charge on any atom is -0.338 e. The molecule has 0 fully saturated rings. The highest BCUT2D eigenvalue weighted by atomic mass is 19.1. The van der Waals surface area contributed by atoms with Crippen LogP contribution in [0.5, 0.6) is 0 Å². The summed E-state index contributed by atoms with van der Waals surface area (Å²) in [6.07, 6.45) is 1.56. The second-order valence-electron chi connectivity index (χ2n) is 6.37. The number of likely N-dealkylation sites (N-methyl/N-ethyl adjacent to an activating group) is 1. The predicted molar refractivity (Wildman–Crippen MR) is 88.4 cm³/mol. The zero-order valence-electron chi connectivity index (χ0n) is 14.0. The van der Waals surface area contributed by atoms with E-state index in [0.717, 1.165) is 18.5 Å². The first kappa shape index (κ1) is 18.4. The van der Waals surface area contributed by atoms with Gasteiger partial charge in [-0.05, 0) is 50.6 Å². The van der Waals surface area contributed by atoms with Gasteiger partial charge in [-0.2, -0.15) is 0 Å². The number of hydrogen-bond donors (Lipinski definition) is 2. The van der Waals surface area contributed by atoms with Gasteiger partial charge in [-0.1, -0.05) is 26.0 Å². The largest absolute Gasteiger partial charge is 0.338 e. The molecule has 0 bridgehead atoms. The van der Waals surface area contributed by atoms with Crippen LogP contribution in [0.15, 0.2) is 24.3 Å². The average molecular weight is 309 g/mol. The molecule has 1 atom stereocenters. The molecule has 2 N–H and O–H groups in total. The molecule has 2 amide bonds. The van der Waals surface area contributed by atoms with Crippen LogP contribution < -0.4 is 10.6 Å². The van der Waals surface area contributed by atoms with Crippen LogP contribution in [0.3, 0.4) is 0 Å². The zero-order chi connectivity index (χ0) is 16.5. The minimum absolute atomic E-state index is 0.129. The first-order valence-electron chi connectivity index (χ1n) is 7.80. The SMILES string of the molecule is CC(C)CC(CN(C)C)NC(=O)NCCc1cccc(F)c1. The molecule has 1 rings (SSSR count). The van der Waals surface area contributed by atoms with E-state index in [9.17, 15) is 9.18 Å². The fourth-order valence-corrected chi connectivity index (χ4v) is 2.44. The van der Waals surface area contributed by atoms with Crippen molar-refractivity contribution in [3.8, 4) is 0 Å². The molecule has 0 saturated heterocycles. The minimum atomic E-state index is -0.245. The zero-order valence-corrected chi connectivity index (χ0v) is 14.0. The summed E-state index contributed by atoms with van der Waals surface area (Å²) in [6.45, 7) is 5.60. The maximum Gasteiger partial charge on any atom is 0.315 e. The number of halogens is 1. The molecule has 1 aromatic rings. The topological polar surface area (TPSA) is 44.4 Å². The van der Waals surface area contributed by atoms with E-state index in [1.807, 2.05) is 20.2 Å². The van der Waals surface area contributed by atoms with Gasteiger partial charge in [0, 0.05) is 19.1 Å². The second kappa shape index (κ2) is 9.41. The fraction of sp³-hybridized carbons (Fsp3) is 0.588. The maximum absolute atomic E-state index is 13.1. The Balaban J connectivity index is 2.36. The third kappa shape index (κ3) is 7.98. The Morgan fingerprint density at radius 1 is 1.32 bits per heavy atom. The van der Waals surface area contributed by atoms with Gasteiger partial charge in [-0.3, -0.25) is 0 Å². The Hall–Kier alpha value is -1.62. The number of carbonyl (C=O) groups excluding carboxylic acids is 1. The van der Waals surface area contributed by atoms with E-state index in [0.29, 0.717) is 18.9 Å². The molecule has 1 aromatic carbocycles. The summed E-state index contributed by atoms with van der Waals surface area (Å²) < 4.78 is 13.1. The predicted octanol–water partition coefficient (Wildman–Crippen LogP) is 2.64. The number of amides is 2. The van der Waals surface area contributed by atoms with Crippen LogP contribution in [0.1, 0.15) is 25.8 Å². The van der Waals surface area contributed by atoms with E-state index in [1.54, 1.807) is 6.07 Å². The summed E-state index contributed by atoms with van der Waals surface area (Å²) in [5.41, 5.74) is 0.882. The molecule has 0 radical (unpaired) electrons. The van der Waals surface area contributed by atoms with Crippen molar-refractivity contribution >= 4 is 6.03 Å². The lowest BCUT2D eigenvalue weighted by Gasteiger charge is -2.24. The molecule has 124 valence electrons. The van der Waals surface area contributed by atoms with Crippen molar-refractivity contribution in [1.29, 1.82) is 0 Å². The summed E-state index contributed by atoms with van der Waals surface area (Å²) in [4.78, 5) is 14.0. The van der Waals surface area contributed by atoms with Crippen LogP contribution in [0, 0.1) is 11.7 Å². The molecular formula is C17H28FN3O. The highest BCUT2D eigenvalue weighted by Crippen LogP contribution is 2.06. The number of nitrogens with zero attached hydrogens (tertiary/aromatic N) is 1. The van der Waals surface area contributed by atoms with Crippen molar-refractivity contribution in [1.82, 2.24) is 15.5 Å². The summed E-state index contributed by atoms with van der Waals surface area (Å²) in [6, 6.07) is 6.42. The van der Waals surface area contributed by atoms with Gasteiger partial charge < -0.3 is 15.5 Å².